The second-order valence-corrected chi connectivity index (χ2v) is 13.5. The number of halogens is 1. The Morgan fingerprint density at radius 2 is 1.50 bits per heavy atom. The van der Waals surface area contributed by atoms with Gasteiger partial charge in [0.25, 0.3) is 10.0 Å². The van der Waals surface area contributed by atoms with Crippen molar-refractivity contribution in [1.29, 1.82) is 0 Å². The molecule has 4 aromatic rings. The molecule has 0 radical (unpaired) electrons. The molecule has 242 valence electrons. The number of carbonyl (C=O) groups excluding carboxylic acids is 2. The van der Waals surface area contributed by atoms with Crippen LogP contribution >= 0.6 is 11.6 Å². The smallest absolute Gasteiger partial charge is 0.264 e. The van der Waals surface area contributed by atoms with E-state index in [9.17, 15) is 18.0 Å². The van der Waals surface area contributed by atoms with Gasteiger partial charge in [0, 0.05) is 24.0 Å². The number of carbonyl (C=O) groups is 2. The highest BCUT2D eigenvalue weighted by Gasteiger charge is 2.36. The van der Waals surface area contributed by atoms with Crippen molar-refractivity contribution < 1.29 is 22.7 Å². The molecule has 8 nitrogen and oxygen atoms in total. The van der Waals surface area contributed by atoms with Crippen LogP contribution in [0.3, 0.4) is 0 Å². The minimum atomic E-state index is -4.30. The van der Waals surface area contributed by atoms with Crippen molar-refractivity contribution in [3.8, 4) is 5.75 Å². The van der Waals surface area contributed by atoms with E-state index in [1.165, 1.54) is 29.2 Å². The summed E-state index contributed by atoms with van der Waals surface area (Å²) in [5.74, 6) is -0.575. The first-order valence-electron chi connectivity index (χ1n) is 15.2. The van der Waals surface area contributed by atoms with Crippen LogP contribution in [0.25, 0.3) is 0 Å². The predicted octanol–water partition coefficient (Wildman–Crippen LogP) is 6.41. The fourth-order valence-electron chi connectivity index (χ4n) is 5.09. The zero-order valence-electron chi connectivity index (χ0n) is 26.5. The molecule has 1 N–H and O–H groups in total. The molecule has 2 amide bonds. The molecule has 0 aromatic heterocycles. The first-order valence-corrected chi connectivity index (χ1v) is 17.0. The minimum absolute atomic E-state index is 0.0418. The maximum atomic E-state index is 14.6. The number of hydrogen-bond donors (Lipinski definition) is 1. The Morgan fingerprint density at radius 3 is 2.15 bits per heavy atom. The lowest BCUT2D eigenvalue weighted by molar-refractivity contribution is -0.140. The van der Waals surface area contributed by atoms with Gasteiger partial charge in [-0.1, -0.05) is 78.3 Å². The third kappa shape index (κ3) is 8.68. The van der Waals surface area contributed by atoms with Crippen LogP contribution in [-0.2, 0) is 32.6 Å². The average Bonchev–Trinajstić information content (AvgIpc) is 3.03. The van der Waals surface area contributed by atoms with Crippen LogP contribution in [0.15, 0.2) is 108 Å². The van der Waals surface area contributed by atoms with Crippen LogP contribution in [0.2, 0.25) is 5.02 Å². The molecule has 0 aliphatic heterocycles. The predicted molar refractivity (Wildman–Crippen MR) is 183 cm³/mol. The van der Waals surface area contributed by atoms with E-state index >= 15 is 0 Å². The fraction of sp³-hybridized carbons (Fsp3) is 0.278. The molecule has 4 aromatic carbocycles. The summed E-state index contributed by atoms with van der Waals surface area (Å²) < 4.78 is 35.4. The summed E-state index contributed by atoms with van der Waals surface area (Å²) in [5.41, 5.74) is 2.85. The first-order chi connectivity index (χ1) is 22.0. The van der Waals surface area contributed by atoms with E-state index in [4.69, 9.17) is 16.3 Å². The average molecular weight is 662 g/mol. The van der Waals surface area contributed by atoms with Gasteiger partial charge in [-0.3, -0.25) is 13.9 Å². The lowest BCUT2D eigenvalue weighted by Crippen LogP contribution is -2.54. The number of amides is 2. The highest BCUT2D eigenvalue weighted by atomic mass is 35.5. The summed E-state index contributed by atoms with van der Waals surface area (Å²) >= 11 is 6.08. The molecule has 0 unspecified atom stereocenters. The lowest BCUT2D eigenvalue weighted by atomic mass is 10.0. The van der Waals surface area contributed by atoms with Gasteiger partial charge in [0.1, 0.15) is 18.3 Å². The van der Waals surface area contributed by atoms with Crippen LogP contribution < -0.4 is 14.4 Å². The highest BCUT2D eigenvalue weighted by molar-refractivity contribution is 7.92. The standard InChI is InChI=1S/C36H40ClN3O5S/c1-5-45-34-18-12-11-17-32(34)40(46(43,44)31-21-19-30(37)20-22-31)25-35(41)39(24-29-16-10-9-13-27(29)4)33(36(42)38-26(2)3)23-28-14-7-6-8-15-28/h6-22,26,33H,5,23-25H2,1-4H3,(H,38,42)/t33-/m0/s1. The molecule has 0 heterocycles. The molecule has 10 heteroatoms. The zero-order chi connectivity index (χ0) is 33.3. The first kappa shape index (κ1) is 34.5. The molecular formula is C36H40ClN3O5S. The van der Waals surface area contributed by atoms with Crippen molar-refractivity contribution >= 4 is 39.1 Å². The molecule has 0 fully saturated rings. The van der Waals surface area contributed by atoms with E-state index in [-0.39, 0.29) is 42.1 Å². The number of anilines is 1. The van der Waals surface area contributed by atoms with Crippen LogP contribution in [0.5, 0.6) is 5.75 Å². The molecule has 0 aliphatic carbocycles. The molecule has 46 heavy (non-hydrogen) atoms. The van der Waals surface area contributed by atoms with Crippen molar-refractivity contribution in [2.75, 3.05) is 17.5 Å². The largest absolute Gasteiger partial charge is 0.492 e. The SMILES string of the molecule is CCOc1ccccc1N(CC(=O)N(Cc1ccccc1C)[C@@H](Cc1ccccc1)C(=O)NC(C)C)S(=O)(=O)c1ccc(Cl)cc1. The van der Waals surface area contributed by atoms with Crippen molar-refractivity contribution in [2.45, 2.75) is 57.6 Å². The monoisotopic (exact) mass is 661 g/mol. The zero-order valence-corrected chi connectivity index (χ0v) is 28.1. The van der Waals surface area contributed by atoms with Crippen molar-refractivity contribution in [1.82, 2.24) is 10.2 Å². The Morgan fingerprint density at radius 1 is 0.870 bits per heavy atom. The number of ether oxygens (including phenoxy) is 1. The van der Waals surface area contributed by atoms with Crippen LogP contribution in [-0.4, -0.2) is 50.4 Å². The Labute approximate surface area is 277 Å². The van der Waals surface area contributed by atoms with E-state index in [1.54, 1.807) is 31.2 Å². The molecule has 0 bridgehead atoms. The van der Waals surface area contributed by atoms with Crippen molar-refractivity contribution in [3.63, 3.8) is 0 Å². The third-order valence-corrected chi connectivity index (χ3v) is 9.44. The van der Waals surface area contributed by atoms with Crippen LogP contribution in [0, 0.1) is 6.92 Å². The van der Waals surface area contributed by atoms with Gasteiger partial charge in [0.15, 0.2) is 0 Å². The third-order valence-electron chi connectivity index (χ3n) is 7.42. The van der Waals surface area contributed by atoms with Gasteiger partial charge in [-0.25, -0.2) is 8.42 Å². The van der Waals surface area contributed by atoms with Crippen molar-refractivity contribution in [3.05, 3.63) is 125 Å². The summed E-state index contributed by atoms with van der Waals surface area (Å²) in [6.45, 7) is 7.25. The number of hydrogen-bond acceptors (Lipinski definition) is 5. The summed E-state index contributed by atoms with van der Waals surface area (Å²) in [6, 6.07) is 28.4. The number of rotatable bonds is 14. The van der Waals surface area contributed by atoms with Crippen LogP contribution in [0.1, 0.15) is 37.5 Å². The topological polar surface area (TPSA) is 96.0 Å². The fourth-order valence-corrected chi connectivity index (χ4v) is 6.64. The molecular weight excluding hydrogens is 622 g/mol. The Hall–Kier alpha value is -4.34. The minimum Gasteiger partial charge on any atom is -0.492 e. The van der Waals surface area contributed by atoms with E-state index in [2.05, 4.69) is 5.32 Å². The number of sulfonamides is 1. The molecule has 1 atom stereocenters. The summed E-state index contributed by atoms with van der Waals surface area (Å²) in [5, 5.41) is 3.35. The number of para-hydroxylation sites is 2. The van der Waals surface area contributed by atoms with E-state index in [0.717, 1.165) is 21.0 Å². The number of nitrogens with one attached hydrogen (secondary N) is 1. The van der Waals surface area contributed by atoms with Gasteiger partial charge < -0.3 is 15.0 Å². The van der Waals surface area contributed by atoms with Crippen molar-refractivity contribution in [2.24, 2.45) is 0 Å². The second-order valence-electron chi connectivity index (χ2n) is 11.2. The molecule has 0 spiro atoms. The van der Waals surface area contributed by atoms with E-state index < -0.39 is 28.5 Å². The van der Waals surface area contributed by atoms with Gasteiger partial charge in [0.05, 0.1) is 17.2 Å². The maximum Gasteiger partial charge on any atom is 0.264 e. The number of nitrogens with zero attached hydrogens (tertiary/aromatic N) is 2. The van der Waals surface area contributed by atoms with Gasteiger partial charge in [0.2, 0.25) is 11.8 Å². The van der Waals surface area contributed by atoms with E-state index in [1.807, 2.05) is 75.4 Å². The summed E-state index contributed by atoms with van der Waals surface area (Å²) in [7, 11) is -4.30. The molecule has 0 saturated carbocycles. The summed E-state index contributed by atoms with van der Waals surface area (Å²) in [6.07, 6.45) is 0.233. The Kier molecular flexibility index (Phi) is 11.8. The number of benzene rings is 4. The second kappa shape index (κ2) is 15.8. The van der Waals surface area contributed by atoms with Gasteiger partial charge >= 0.3 is 0 Å². The normalized spacial score (nSPS) is 12.0. The Bertz CT molecular complexity index is 1730. The summed E-state index contributed by atoms with van der Waals surface area (Å²) in [4.78, 5) is 29.9. The lowest BCUT2D eigenvalue weighted by Gasteiger charge is -2.34. The van der Waals surface area contributed by atoms with Gasteiger partial charge in [-0.2, -0.15) is 0 Å². The number of aryl methyl sites for hydroxylation is 1. The maximum absolute atomic E-state index is 14.6. The van der Waals surface area contributed by atoms with Gasteiger partial charge in [-0.15, -0.1) is 0 Å². The molecule has 0 saturated heterocycles. The Balaban J connectivity index is 1.85. The molecule has 0 aliphatic rings. The van der Waals surface area contributed by atoms with Crippen LogP contribution in [0.4, 0.5) is 5.69 Å². The molecule has 4 rings (SSSR count). The van der Waals surface area contributed by atoms with Gasteiger partial charge in [-0.05, 0) is 80.8 Å². The quantitative estimate of drug-likeness (QED) is 0.169. The highest BCUT2D eigenvalue weighted by Crippen LogP contribution is 2.33. The van der Waals surface area contributed by atoms with E-state index in [0.29, 0.717) is 10.8 Å².